The Morgan fingerprint density at radius 1 is 0.727 bits per heavy atom. The summed E-state index contributed by atoms with van der Waals surface area (Å²) in [7, 11) is 1.69. The number of methoxy groups -OCH3 is 1. The quantitative estimate of drug-likeness (QED) is 0.495. The molecule has 1 aliphatic heterocycles. The molecule has 1 heterocycles. The number of anilines is 2. The van der Waals surface area contributed by atoms with Crippen LogP contribution in [0.15, 0.2) is 88.7 Å². The van der Waals surface area contributed by atoms with Gasteiger partial charge in [-0.25, -0.2) is 0 Å². The molecule has 3 aromatic carbocycles. The van der Waals surface area contributed by atoms with E-state index in [1.54, 1.807) is 18.9 Å². The smallest absolute Gasteiger partial charge is 0.121 e. The molecule has 0 aromatic heterocycles. The molecule has 0 bridgehead atoms. The summed E-state index contributed by atoms with van der Waals surface area (Å²) in [6, 6.07) is 26.4. The van der Waals surface area contributed by atoms with Crippen molar-refractivity contribution in [2.24, 2.45) is 0 Å². The van der Waals surface area contributed by atoms with Crippen molar-refractivity contribution in [1.29, 1.82) is 0 Å². The first-order valence-corrected chi connectivity index (χ1v) is 7.90. The molecule has 0 spiro atoms. The van der Waals surface area contributed by atoms with Gasteiger partial charge in [0.05, 0.1) is 18.5 Å². The lowest BCUT2D eigenvalue weighted by Gasteiger charge is -2.20. The van der Waals surface area contributed by atoms with E-state index in [-0.39, 0.29) is 0 Å². The third kappa shape index (κ3) is 3.43. The van der Waals surface area contributed by atoms with Gasteiger partial charge >= 0.3 is 0 Å². The number of benzene rings is 3. The molecule has 22 heavy (non-hydrogen) atoms. The molecule has 110 valence electrons. The first kappa shape index (κ1) is 14.5. The highest BCUT2D eigenvalue weighted by molar-refractivity contribution is 7.99. The van der Waals surface area contributed by atoms with Gasteiger partial charge in [0.15, 0.2) is 0 Å². The molecule has 0 aliphatic carbocycles. The predicted octanol–water partition coefficient (Wildman–Crippen LogP) is 5.59. The van der Waals surface area contributed by atoms with Crippen LogP contribution in [0.1, 0.15) is 0 Å². The molecule has 1 aliphatic rings. The van der Waals surface area contributed by atoms with Crippen LogP contribution in [0.3, 0.4) is 0 Å². The third-order valence-corrected chi connectivity index (χ3v) is 4.38. The number of rotatable bonds is 1. The number of para-hydroxylation sites is 1. The normalized spacial score (nSPS) is 11.1. The maximum absolute atomic E-state index is 5.22. The first-order valence-electron chi connectivity index (χ1n) is 7.09. The summed E-state index contributed by atoms with van der Waals surface area (Å²) >= 11 is 1.78. The fourth-order valence-corrected chi connectivity index (χ4v) is 3.10. The van der Waals surface area contributed by atoms with Crippen LogP contribution >= 0.6 is 11.8 Å². The van der Waals surface area contributed by atoms with Crippen molar-refractivity contribution < 1.29 is 4.74 Å². The average molecular weight is 307 g/mol. The van der Waals surface area contributed by atoms with E-state index in [1.165, 1.54) is 9.79 Å². The zero-order valence-corrected chi connectivity index (χ0v) is 13.1. The highest BCUT2D eigenvalue weighted by Crippen LogP contribution is 2.44. The van der Waals surface area contributed by atoms with E-state index in [0.29, 0.717) is 0 Å². The van der Waals surface area contributed by atoms with Crippen molar-refractivity contribution in [3.63, 3.8) is 0 Å². The lowest BCUT2D eigenvalue weighted by molar-refractivity contribution is 0.414. The Morgan fingerprint density at radius 2 is 1.36 bits per heavy atom. The number of fused-ring (bicyclic) bond motifs is 2. The second-order valence-electron chi connectivity index (χ2n) is 4.74. The van der Waals surface area contributed by atoms with Crippen LogP contribution in [0.5, 0.6) is 5.75 Å². The Kier molecular flexibility index (Phi) is 4.66. The Balaban J connectivity index is 0.000000202. The highest BCUT2D eigenvalue weighted by Gasteiger charge is 2.15. The Hall–Kier alpha value is -2.39. The van der Waals surface area contributed by atoms with Crippen LogP contribution in [0.2, 0.25) is 0 Å². The minimum absolute atomic E-state index is 0.881. The monoisotopic (exact) mass is 307 g/mol. The summed E-state index contributed by atoms with van der Waals surface area (Å²) in [6.45, 7) is 0. The van der Waals surface area contributed by atoms with E-state index >= 15 is 0 Å². The van der Waals surface area contributed by atoms with Gasteiger partial charge in [-0.3, -0.25) is 0 Å². The van der Waals surface area contributed by atoms with Gasteiger partial charge in [0.2, 0.25) is 0 Å². The molecule has 3 aromatic rings. The van der Waals surface area contributed by atoms with Gasteiger partial charge in [0, 0.05) is 15.9 Å². The number of nitrogens with one attached hydrogen (secondary N) is 1. The Labute approximate surface area is 135 Å². The van der Waals surface area contributed by atoms with E-state index in [4.69, 9.17) is 4.74 Å². The molecule has 0 atom stereocenters. The Morgan fingerprint density at radius 3 is 2.05 bits per heavy atom. The molecule has 0 saturated heterocycles. The van der Waals surface area contributed by atoms with Gasteiger partial charge < -0.3 is 10.1 Å². The Bertz CT molecular complexity index is 717. The van der Waals surface area contributed by atoms with Crippen LogP contribution < -0.4 is 10.1 Å². The number of hydrogen-bond donors (Lipinski definition) is 1. The van der Waals surface area contributed by atoms with Gasteiger partial charge in [-0.15, -0.1) is 0 Å². The summed E-state index contributed by atoms with van der Waals surface area (Å²) in [5.74, 6) is 0.881. The lowest BCUT2D eigenvalue weighted by Crippen LogP contribution is -1.99. The second kappa shape index (κ2) is 7.05. The van der Waals surface area contributed by atoms with Gasteiger partial charge in [0.1, 0.15) is 5.75 Å². The third-order valence-electron chi connectivity index (χ3n) is 3.23. The van der Waals surface area contributed by atoms with Gasteiger partial charge in [-0.05, 0) is 24.3 Å². The lowest BCUT2D eigenvalue weighted by atomic mass is 10.2. The molecule has 0 amide bonds. The molecule has 1 N–H and O–H groups in total. The summed E-state index contributed by atoms with van der Waals surface area (Å²) < 4.78 is 5.22. The van der Waals surface area contributed by atoms with Gasteiger partial charge in [0.25, 0.3) is 0 Å². The van der Waals surface area contributed by atoms with E-state index < -0.39 is 0 Å². The van der Waals surface area contributed by atoms with Crippen molar-refractivity contribution in [2.45, 2.75) is 9.79 Å². The van der Waals surface area contributed by atoms with Crippen LogP contribution in [0.4, 0.5) is 11.4 Å². The molecule has 0 unspecified atom stereocenters. The minimum Gasteiger partial charge on any atom is -0.497 e. The van der Waals surface area contributed by atoms with E-state index in [1.807, 2.05) is 54.6 Å². The summed E-state index contributed by atoms with van der Waals surface area (Å²) in [5.41, 5.74) is 2.27. The van der Waals surface area contributed by atoms with Crippen LogP contribution in [-0.2, 0) is 0 Å². The molecule has 0 saturated carbocycles. The van der Waals surface area contributed by atoms with E-state index in [0.717, 1.165) is 17.1 Å². The molecule has 0 fully saturated rings. The largest absolute Gasteiger partial charge is 0.497 e. The topological polar surface area (TPSA) is 21.3 Å². The summed E-state index contributed by atoms with van der Waals surface area (Å²) in [4.78, 5) is 2.50. The maximum Gasteiger partial charge on any atom is 0.121 e. The van der Waals surface area contributed by atoms with Crippen molar-refractivity contribution in [2.75, 3.05) is 12.4 Å². The molecule has 4 rings (SSSR count). The number of ether oxygens (including phenoxy) is 1. The van der Waals surface area contributed by atoms with Crippen molar-refractivity contribution in [3.8, 4) is 5.75 Å². The van der Waals surface area contributed by atoms with Crippen LogP contribution in [0.25, 0.3) is 0 Å². The molecular formula is C19H17NOS. The first-order chi connectivity index (χ1) is 10.9. The zero-order valence-electron chi connectivity index (χ0n) is 12.3. The van der Waals surface area contributed by atoms with Crippen molar-refractivity contribution in [3.05, 3.63) is 78.9 Å². The van der Waals surface area contributed by atoms with Gasteiger partial charge in [-0.1, -0.05) is 60.3 Å². The fourth-order valence-electron chi connectivity index (χ4n) is 2.13. The maximum atomic E-state index is 5.22. The molecule has 2 nitrogen and oxygen atoms in total. The minimum atomic E-state index is 0.881. The van der Waals surface area contributed by atoms with Crippen LogP contribution in [-0.4, -0.2) is 7.11 Å². The highest BCUT2D eigenvalue weighted by atomic mass is 32.2. The van der Waals surface area contributed by atoms with E-state index in [2.05, 4.69) is 29.6 Å². The molecule has 0 radical (unpaired) electrons. The average Bonchev–Trinajstić information content (AvgIpc) is 2.61. The fraction of sp³-hybridized carbons (Fsp3) is 0.0526. The second-order valence-corrected chi connectivity index (χ2v) is 5.82. The van der Waals surface area contributed by atoms with Crippen molar-refractivity contribution >= 4 is 23.1 Å². The zero-order chi connectivity index (χ0) is 15.2. The number of hydrogen-bond acceptors (Lipinski definition) is 3. The molecular weight excluding hydrogens is 290 g/mol. The SMILES string of the molecule is COc1ccc2c(c1)Nc1ccccc1S2.c1ccccc1. The summed E-state index contributed by atoms with van der Waals surface area (Å²) in [6.07, 6.45) is 0. The summed E-state index contributed by atoms with van der Waals surface area (Å²) in [5, 5.41) is 3.41. The van der Waals surface area contributed by atoms with Gasteiger partial charge in [-0.2, -0.15) is 0 Å². The van der Waals surface area contributed by atoms with E-state index in [9.17, 15) is 0 Å². The predicted molar refractivity (Wildman–Crippen MR) is 93.3 cm³/mol. The van der Waals surface area contributed by atoms with Crippen LogP contribution in [0, 0.1) is 0 Å². The van der Waals surface area contributed by atoms with Crippen molar-refractivity contribution in [1.82, 2.24) is 0 Å². The molecule has 3 heteroatoms. The standard InChI is InChI=1S/C13H11NOS.C6H6/c1-15-9-6-7-13-11(8-9)14-10-4-2-3-5-12(10)16-13;1-2-4-6-5-3-1/h2-8,14H,1H3;1-6H.